The van der Waals surface area contributed by atoms with E-state index in [1.807, 2.05) is 48.6 Å². The molecule has 0 N–H and O–H groups in total. The van der Waals surface area contributed by atoms with Gasteiger partial charge in [-0.3, -0.25) is 4.79 Å². The third-order valence-electron chi connectivity index (χ3n) is 7.51. The summed E-state index contributed by atoms with van der Waals surface area (Å²) in [6.07, 6.45) is 11.2. The normalized spacial score (nSPS) is 28.8. The van der Waals surface area contributed by atoms with Gasteiger partial charge in [-0.1, -0.05) is 24.3 Å². The zero-order valence-corrected chi connectivity index (χ0v) is 19.6. The number of halogens is 1. The van der Waals surface area contributed by atoms with Crippen LogP contribution in [0.5, 0.6) is 11.5 Å². The minimum Gasteiger partial charge on any atom is -0.496 e. The average Bonchev–Trinajstić information content (AvgIpc) is 2.76. The molecule has 162 valence electrons. The molecule has 0 spiro atoms. The first-order valence-electron chi connectivity index (χ1n) is 11.3. The van der Waals surface area contributed by atoms with E-state index in [1.54, 1.807) is 7.11 Å². The first-order chi connectivity index (χ1) is 15.0. The van der Waals surface area contributed by atoms with Crippen molar-refractivity contribution in [2.45, 2.75) is 45.1 Å². The molecule has 31 heavy (non-hydrogen) atoms. The van der Waals surface area contributed by atoms with Gasteiger partial charge in [0, 0.05) is 11.0 Å². The summed E-state index contributed by atoms with van der Waals surface area (Å²) in [5.74, 6) is 4.27. The van der Waals surface area contributed by atoms with Crippen molar-refractivity contribution >= 4 is 27.8 Å². The van der Waals surface area contributed by atoms with Gasteiger partial charge in [-0.05, 0) is 108 Å². The molecule has 4 saturated carbocycles. The highest BCUT2D eigenvalue weighted by atomic mass is 79.9. The van der Waals surface area contributed by atoms with Crippen LogP contribution in [0.2, 0.25) is 0 Å². The standard InChI is InChI=1S/C27H29BrO3/c1-30-24-8-6-18(13-22(24)17-31-25-5-3-2-4-23(25)28)7-9-26(29)27-14-19-10-20(15-27)12-21(11-19)16-27/h2-9,13,19-21H,10-12,14-17H2,1H3/b9-7+. The number of hydrogen-bond acceptors (Lipinski definition) is 3. The Morgan fingerprint density at radius 3 is 2.35 bits per heavy atom. The van der Waals surface area contributed by atoms with Crippen molar-refractivity contribution in [1.82, 2.24) is 0 Å². The van der Waals surface area contributed by atoms with Crippen molar-refractivity contribution in [3.63, 3.8) is 0 Å². The molecule has 0 radical (unpaired) electrons. The maximum atomic E-state index is 13.3. The van der Waals surface area contributed by atoms with Crippen LogP contribution in [0, 0.1) is 23.2 Å². The van der Waals surface area contributed by atoms with Crippen molar-refractivity contribution in [2.24, 2.45) is 23.2 Å². The maximum absolute atomic E-state index is 13.3. The molecule has 4 heteroatoms. The molecule has 0 aromatic heterocycles. The fourth-order valence-corrected chi connectivity index (χ4v) is 6.89. The van der Waals surface area contributed by atoms with Crippen molar-refractivity contribution in [2.75, 3.05) is 7.11 Å². The van der Waals surface area contributed by atoms with Crippen LogP contribution in [0.25, 0.3) is 6.08 Å². The minimum atomic E-state index is -0.0801. The monoisotopic (exact) mass is 480 g/mol. The van der Waals surface area contributed by atoms with Crippen molar-refractivity contribution in [3.8, 4) is 11.5 Å². The molecule has 4 aliphatic carbocycles. The van der Waals surface area contributed by atoms with Crippen LogP contribution < -0.4 is 9.47 Å². The van der Waals surface area contributed by atoms with E-state index in [9.17, 15) is 4.79 Å². The van der Waals surface area contributed by atoms with Crippen molar-refractivity contribution in [1.29, 1.82) is 0 Å². The predicted octanol–water partition coefficient (Wildman–Crippen LogP) is 6.84. The maximum Gasteiger partial charge on any atom is 0.161 e. The molecule has 0 atom stereocenters. The fourth-order valence-electron chi connectivity index (χ4n) is 6.49. The van der Waals surface area contributed by atoms with E-state index in [2.05, 4.69) is 22.0 Å². The van der Waals surface area contributed by atoms with Crippen LogP contribution >= 0.6 is 15.9 Å². The summed E-state index contributed by atoms with van der Waals surface area (Å²) in [5.41, 5.74) is 1.88. The Morgan fingerprint density at radius 2 is 1.71 bits per heavy atom. The highest BCUT2D eigenvalue weighted by molar-refractivity contribution is 9.10. The summed E-state index contributed by atoms with van der Waals surface area (Å²) in [4.78, 5) is 13.3. The van der Waals surface area contributed by atoms with Gasteiger partial charge >= 0.3 is 0 Å². The summed E-state index contributed by atoms with van der Waals surface area (Å²) >= 11 is 3.52. The summed E-state index contributed by atoms with van der Waals surface area (Å²) in [6, 6.07) is 13.8. The SMILES string of the molecule is COc1ccc(/C=C/C(=O)C23CC4CC(CC(C4)C2)C3)cc1COc1ccccc1Br. The van der Waals surface area contributed by atoms with Gasteiger partial charge in [0.05, 0.1) is 11.6 Å². The Bertz CT molecular complexity index is 974. The summed E-state index contributed by atoms with van der Waals surface area (Å²) in [5, 5.41) is 0. The molecule has 0 unspecified atom stereocenters. The number of methoxy groups -OCH3 is 1. The Hall–Kier alpha value is -2.07. The second-order valence-corrected chi connectivity index (χ2v) is 10.5. The third kappa shape index (κ3) is 4.19. The van der Waals surface area contributed by atoms with Gasteiger partial charge in [0.15, 0.2) is 5.78 Å². The molecule has 4 aliphatic rings. The summed E-state index contributed by atoms with van der Waals surface area (Å²) in [7, 11) is 1.67. The van der Waals surface area contributed by atoms with Gasteiger partial charge in [-0.2, -0.15) is 0 Å². The summed E-state index contributed by atoms with van der Waals surface area (Å²) in [6.45, 7) is 0.399. The number of benzene rings is 2. The molecule has 2 aromatic carbocycles. The smallest absolute Gasteiger partial charge is 0.161 e. The molecule has 0 heterocycles. The second-order valence-electron chi connectivity index (χ2n) is 9.69. The van der Waals surface area contributed by atoms with Crippen LogP contribution in [-0.4, -0.2) is 12.9 Å². The van der Waals surface area contributed by atoms with E-state index < -0.39 is 0 Å². The lowest BCUT2D eigenvalue weighted by molar-refractivity contribution is -0.138. The van der Waals surface area contributed by atoms with Gasteiger partial charge in [0.25, 0.3) is 0 Å². The molecule has 6 rings (SSSR count). The highest BCUT2D eigenvalue weighted by Gasteiger charge is 2.53. The molecular weight excluding hydrogens is 452 g/mol. The Morgan fingerprint density at radius 1 is 1.03 bits per heavy atom. The van der Waals surface area contributed by atoms with Gasteiger partial charge in [0.2, 0.25) is 0 Å². The van der Waals surface area contributed by atoms with Gasteiger partial charge in [0.1, 0.15) is 18.1 Å². The van der Waals surface area contributed by atoms with E-state index >= 15 is 0 Å². The minimum absolute atomic E-state index is 0.0801. The quantitative estimate of drug-likeness (QED) is 0.407. The van der Waals surface area contributed by atoms with Crippen LogP contribution in [0.15, 0.2) is 53.0 Å². The van der Waals surface area contributed by atoms with E-state index in [0.29, 0.717) is 12.4 Å². The second kappa shape index (κ2) is 8.46. The van der Waals surface area contributed by atoms with E-state index in [1.165, 1.54) is 19.3 Å². The van der Waals surface area contributed by atoms with E-state index in [4.69, 9.17) is 9.47 Å². The Labute approximate surface area is 193 Å². The molecule has 0 amide bonds. The third-order valence-corrected chi connectivity index (χ3v) is 8.17. The zero-order valence-electron chi connectivity index (χ0n) is 18.0. The van der Waals surface area contributed by atoms with Gasteiger partial charge < -0.3 is 9.47 Å². The van der Waals surface area contributed by atoms with Crippen LogP contribution in [0.3, 0.4) is 0 Å². The lowest BCUT2D eigenvalue weighted by Gasteiger charge is -2.55. The largest absolute Gasteiger partial charge is 0.496 e. The molecular formula is C27H29BrO3. The molecule has 3 nitrogen and oxygen atoms in total. The van der Waals surface area contributed by atoms with Crippen molar-refractivity contribution in [3.05, 3.63) is 64.1 Å². The molecule has 0 saturated heterocycles. The molecule has 2 aromatic rings. The van der Waals surface area contributed by atoms with Crippen LogP contribution in [-0.2, 0) is 11.4 Å². The number of allylic oxidation sites excluding steroid dienone is 1. The van der Waals surface area contributed by atoms with Crippen LogP contribution in [0.1, 0.15) is 49.7 Å². The summed E-state index contributed by atoms with van der Waals surface area (Å²) < 4.78 is 12.4. The number of carbonyl (C=O) groups excluding carboxylic acids is 1. The zero-order chi connectivity index (χ0) is 21.4. The topological polar surface area (TPSA) is 35.5 Å². The Balaban J connectivity index is 1.31. The van der Waals surface area contributed by atoms with E-state index in [-0.39, 0.29) is 5.41 Å². The average molecular weight is 481 g/mol. The van der Waals surface area contributed by atoms with E-state index in [0.717, 1.165) is 64.1 Å². The Kier molecular flexibility index (Phi) is 5.68. The van der Waals surface area contributed by atoms with Crippen LogP contribution in [0.4, 0.5) is 0 Å². The lowest BCUT2D eigenvalue weighted by atomic mass is 9.48. The molecule has 0 aliphatic heterocycles. The lowest BCUT2D eigenvalue weighted by Crippen LogP contribution is -2.49. The molecule has 4 bridgehead atoms. The fraction of sp³-hybridized carbons (Fsp3) is 0.444. The number of rotatable bonds is 7. The number of ether oxygens (including phenoxy) is 2. The van der Waals surface area contributed by atoms with Gasteiger partial charge in [-0.15, -0.1) is 0 Å². The number of para-hydroxylation sites is 1. The first-order valence-corrected chi connectivity index (χ1v) is 12.1. The predicted molar refractivity (Wildman–Crippen MR) is 126 cm³/mol. The first kappa shape index (κ1) is 20.8. The highest BCUT2D eigenvalue weighted by Crippen LogP contribution is 2.60. The van der Waals surface area contributed by atoms with Gasteiger partial charge in [-0.25, -0.2) is 0 Å². The number of carbonyl (C=O) groups is 1. The molecule has 4 fully saturated rings. The number of ketones is 1. The number of hydrogen-bond donors (Lipinski definition) is 0. The van der Waals surface area contributed by atoms with Crippen molar-refractivity contribution < 1.29 is 14.3 Å².